The molecule has 0 saturated carbocycles. The number of ether oxygens (including phenoxy) is 2. The van der Waals surface area contributed by atoms with E-state index in [1.807, 2.05) is 6.07 Å². The zero-order valence-corrected chi connectivity index (χ0v) is 19.9. The normalized spacial score (nSPS) is 15.9. The molecule has 0 bridgehead atoms. The van der Waals surface area contributed by atoms with Crippen LogP contribution < -0.4 is 20.1 Å². The number of hydrogen-bond acceptors (Lipinski definition) is 4. The van der Waals surface area contributed by atoms with Crippen molar-refractivity contribution in [2.45, 2.75) is 51.8 Å². The number of nitrogens with one attached hydrogen (secondary N) is 2. The Kier molecular flexibility index (Phi) is 11.6. The van der Waals surface area contributed by atoms with Crippen molar-refractivity contribution in [3.8, 4) is 11.5 Å². The Hall–Kier alpha value is -1.36. The topological polar surface area (TPSA) is 58.1 Å². The molecule has 29 heavy (non-hydrogen) atoms. The number of benzene rings is 1. The summed E-state index contributed by atoms with van der Waals surface area (Å²) < 4.78 is 34.7. The van der Waals surface area contributed by atoms with Gasteiger partial charge in [0.25, 0.3) is 0 Å². The molecule has 1 aliphatic rings. The molecule has 0 atom stereocenters. The second-order valence-electron chi connectivity index (χ2n) is 7.16. The summed E-state index contributed by atoms with van der Waals surface area (Å²) in [4.78, 5) is 6.77. The third kappa shape index (κ3) is 8.49. The Bertz CT molecular complexity index is 639. The number of methoxy groups -OCH3 is 1. The van der Waals surface area contributed by atoms with Crippen molar-refractivity contribution < 1.29 is 18.3 Å². The lowest BCUT2D eigenvalue weighted by atomic mass is 10.0. The lowest BCUT2D eigenvalue weighted by Gasteiger charge is -2.35. The first-order valence-corrected chi connectivity index (χ1v) is 9.76. The van der Waals surface area contributed by atoms with Crippen molar-refractivity contribution in [2.75, 3.05) is 33.8 Å². The minimum absolute atomic E-state index is 0. The lowest BCUT2D eigenvalue weighted by Crippen LogP contribution is -2.50. The zero-order chi connectivity index (χ0) is 20.5. The molecule has 0 radical (unpaired) electrons. The summed E-state index contributed by atoms with van der Waals surface area (Å²) in [6, 6.07) is 6.07. The van der Waals surface area contributed by atoms with Crippen LogP contribution in [0, 0.1) is 0 Å². The number of rotatable bonds is 8. The minimum Gasteiger partial charge on any atom is -0.493 e. The second-order valence-corrected chi connectivity index (χ2v) is 7.16. The van der Waals surface area contributed by atoms with Crippen molar-refractivity contribution in [3.63, 3.8) is 0 Å². The molecule has 1 aromatic rings. The van der Waals surface area contributed by atoms with Gasteiger partial charge in [-0.2, -0.15) is 8.78 Å². The van der Waals surface area contributed by atoms with Gasteiger partial charge in [0, 0.05) is 38.8 Å². The molecular weight excluding hydrogens is 493 g/mol. The van der Waals surface area contributed by atoms with E-state index < -0.39 is 6.61 Å². The summed E-state index contributed by atoms with van der Waals surface area (Å²) in [6.45, 7) is 4.38. The lowest BCUT2D eigenvalue weighted by molar-refractivity contribution is -0.0512. The van der Waals surface area contributed by atoms with Crippen LogP contribution in [0.4, 0.5) is 8.78 Å². The number of piperidine rings is 1. The van der Waals surface area contributed by atoms with E-state index in [1.165, 1.54) is 7.11 Å². The summed E-state index contributed by atoms with van der Waals surface area (Å²) in [7, 11) is 3.18. The molecule has 0 aliphatic carbocycles. The molecule has 1 heterocycles. The fraction of sp³-hybridized carbons (Fsp3) is 0.650. The van der Waals surface area contributed by atoms with Crippen LogP contribution in [-0.4, -0.2) is 63.3 Å². The number of halogens is 3. The molecule has 0 unspecified atom stereocenters. The van der Waals surface area contributed by atoms with Gasteiger partial charge >= 0.3 is 6.61 Å². The highest BCUT2D eigenvalue weighted by Gasteiger charge is 2.21. The quantitative estimate of drug-likeness (QED) is 0.309. The highest BCUT2D eigenvalue weighted by Crippen LogP contribution is 2.29. The maximum Gasteiger partial charge on any atom is 0.387 e. The van der Waals surface area contributed by atoms with Crippen LogP contribution in [0.3, 0.4) is 0 Å². The Morgan fingerprint density at radius 1 is 1.24 bits per heavy atom. The second kappa shape index (κ2) is 13.0. The Labute approximate surface area is 189 Å². The van der Waals surface area contributed by atoms with Crippen LogP contribution in [0.5, 0.6) is 11.5 Å². The van der Waals surface area contributed by atoms with Crippen LogP contribution in [0.25, 0.3) is 0 Å². The molecule has 166 valence electrons. The number of aliphatic imine (C=N–C) groups is 1. The van der Waals surface area contributed by atoms with Gasteiger partial charge in [-0.1, -0.05) is 6.07 Å². The van der Waals surface area contributed by atoms with E-state index in [1.54, 1.807) is 19.2 Å². The molecule has 2 N–H and O–H groups in total. The number of likely N-dealkylation sites (tertiary alicyclic amines) is 1. The first kappa shape index (κ1) is 25.7. The average Bonchev–Trinajstić information content (AvgIpc) is 2.67. The molecule has 0 spiro atoms. The maximum atomic E-state index is 12.5. The molecule has 1 saturated heterocycles. The SMILES string of the molecule is CN=C(NCCc1ccc(OC)c(OC(F)F)c1)NC1CCN(C(C)C)CC1.I. The van der Waals surface area contributed by atoms with E-state index in [9.17, 15) is 8.78 Å². The van der Waals surface area contributed by atoms with E-state index in [0.29, 0.717) is 30.8 Å². The molecule has 2 rings (SSSR count). The zero-order valence-electron chi connectivity index (χ0n) is 17.6. The fourth-order valence-corrected chi connectivity index (χ4v) is 3.34. The summed E-state index contributed by atoms with van der Waals surface area (Å²) >= 11 is 0. The maximum absolute atomic E-state index is 12.5. The first-order chi connectivity index (χ1) is 13.4. The van der Waals surface area contributed by atoms with Gasteiger partial charge in [0.1, 0.15) is 0 Å². The molecule has 1 aromatic carbocycles. The van der Waals surface area contributed by atoms with Crippen LogP contribution in [0.15, 0.2) is 23.2 Å². The average molecular weight is 526 g/mol. The number of guanidine groups is 1. The highest BCUT2D eigenvalue weighted by molar-refractivity contribution is 14.0. The van der Waals surface area contributed by atoms with Gasteiger partial charge in [0.2, 0.25) is 0 Å². The highest BCUT2D eigenvalue weighted by atomic mass is 127. The first-order valence-electron chi connectivity index (χ1n) is 9.76. The van der Waals surface area contributed by atoms with E-state index in [-0.39, 0.29) is 29.7 Å². The molecule has 6 nitrogen and oxygen atoms in total. The Morgan fingerprint density at radius 2 is 1.93 bits per heavy atom. The van der Waals surface area contributed by atoms with Gasteiger partial charge in [0.05, 0.1) is 7.11 Å². The summed E-state index contributed by atoms with van der Waals surface area (Å²) in [5, 5.41) is 6.77. The van der Waals surface area contributed by atoms with E-state index in [4.69, 9.17) is 4.74 Å². The van der Waals surface area contributed by atoms with Crippen LogP contribution >= 0.6 is 24.0 Å². The molecular formula is C20H33F2IN4O2. The fourth-order valence-electron chi connectivity index (χ4n) is 3.34. The van der Waals surface area contributed by atoms with Crippen molar-refractivity contribution in [2.24, 2.45) is 4.99 Å². The number of nitrogens with zero attached hydrogens (tertiary/aromatic N) is 2. The molecule has 1 fully saturated rings. The van der Waals surface area contributed by atoms with E-state index in [2.05, 4.69) is 39.1 Å². The monoisotopic (exact) mass is 526 g/mol. The third-order valence-corrected chi connectivity index (χ3v) is 4.97. The van der Waals surface area contributed by atoms with Crippen molar-refractivity contribution >= 4 is 29.9 Å². The van der Waals surface area contributed by atoms with Crippen LogP contribution in [0.2, 0.25) is 0 Å². The Balaban J connectivity index is 0.00000420. The van der Waals surface area contributed by atoms with Crippen molar-refractivity contribution in [1.82, 2.24) is 15.5 Å². The smallest absolute Gasteiger partial charge is 0.387 e. The van der Waals surface area contributed by atoms with E-state index in [0.717, 1.165) is 37.5 Å². The van der Waals surface area contributed by atoms with Gasteiger partial charge < -0.3 is 25.0 Å². The third-order valence-electron chi connectivity index (χ3n) is 4.97. The largest absolute Gasteiger partial charge is 0.493 e. The summed E-state index contributed by atoms with van der Waals surface area (Å²) in [6.07, 6.45) is 2.83. The van der Waals surface area contributed by atoms with Crippen molar-refractivity contribution in [3.05, 3.63) is 23.8 Å². The summed E-state index contributed by atoms with van der Waals surface area (Å²) in [5.74, 6) is 1.11. The molecule has 0 aromatic heterocycles. The minimum atomic E-state index is -2.88. The summed E-state index contributed by atoms with van der Waals surface area (Å²) in [5.41, 5.74) is 0.879. The number of alkyl halides is 2. The van der Waals surface area contributed by atoms with Crippen LogP contribution in [-0.2, 0) is 6.42 Å². The molecule has 1 aliphatic heterocycles. The van der Waals surface area contributed by atoms with E-state index >= 15 is 0 Å². The predicted octanol–water partition coefficient (Wildman–Crippen LogP) is 3.49. The van der Waals surface area contributed by atoms with Gasteiger partial charge in [-0.05, 0) is 50.8 Å². The molecule has 9 heteroatoms. The van der Waals surface area contributed by atoms with Gasteiger partial charge in [-0.25, -0.2) is 0 Å². The molecule has 0 amide bonds. The van der Waals surface area contributed by atoms with Gasteiger partial charge in [0.15, 0.2) is 17.5 Å². The van der Waals surface area contributed by atoms with Crippen molar-refractivity contribution in [1.29, 1.82) is 0 Å². The van der Waals surface area contributed by atoms with Gasteiger partial charge in [-0.3, -0.25) is 4.99 Å². The predicted molar refractivity (Wildman–Crippen MR) is 123 cm³/mol. The number of hydrogen-bond donors (Lipinski definition) is 2. The Morgan fingerprint density at radius 3 is 2.48 bits per heavy atom. The van der Waals surface area contributed by atoms with Crippen LogP contribution in [0.1, 0.15) is 32.3 Å². The standard InChI is InChI=1S/C20H32F2N4O2.HI/c1-14(2)26-11-8-16(9-12-26)25-20(23-3)24-10-7-15-5-6-17(27-4)18(13-15)28-19(21)22;/h5-6,13-14,16,19H,7-12H2,1-4H3,(H2,23,24,25);1H. The van der Waals surface area contributed by atoms with Gasteiger partial charge in [-0.15, -0.1) is 24.0 Å².